The summed E-state index contributed by atoms with van der Waals surface area (Å²) in [5.41, 5.74) is 5.07. The van der Waals surface area contributed by atoms with Crippen molar-refractivity contribution in [2.75, 3.05) is 39.9 Å². The molecule has 9 heteroatoms. The summed E-state index contributed by atoms with van der Waals surface area (Å²) in [6.45, 7) is 6.41. The number of hydrazine groups is 1. The third-order valence-corrected chi connectivity index (χ3v) is 7.80. The summed E-state index contributed by atoms with van der Waals surface area (Å²) < 4.78 is 11.2. The van der Waals surface area contributed by atoms with E-state index in [0.717, 1.165) is 61.1 Å². The Hall–Kier alpha value is -3.43. The largest absolute Gasteiger partial charge is 0.497 e. The standard InChI is InChI=1S/C28H36N4O5/c1-3-28(20-33)12-14-30(15-13-28)17-21-4-8-24(9-5-21)36-25-18-31(19-25)27(34)32-29-16-26(37-32)22-6-10-23(35-2)11-7-22/h4-11,16,25,29,33H,3,12-15,17-20H2,1-2H3. The number of hydrogen-bond acceptors (Lipinski definition) is 7. The number of hydroxylamine groups is 1. The maximum atomic E-state index is 12.8. The minimum Gasteiger partial charge on any atom is -0.497 e. The molecule has 0 radical (unpaired) electrons. The Morgan fingerprint density at radius 1 is 1.08 bits per heavy atom. The van der Waals surface area contributed by atoms with Gasteiger partial charge in [-0.05, 0) is 79.7 Å². The molecule has 2 fully saturated rings. The van der Waals surface area contributed by atoms with E-state index in [2.05, 4.69) is 29.4 Å². The van der Waals surface area contributed by atoms with E-state index in [1.165, 1.54) is 5.56 Å². The van der Waals surface area contributed by atoms with Gasteiger partial charge in [-0.15, -0.1) is 0 Å². The van der Waals surface area contributed by atoms with Crippen LogP contribution in [0.2, 0.25) is 0 Å². The molecule has 0 spiro atoms. The second-order valence-electron chi connectivity index (χ2n) is 10.1. The SMILES string of the molecule is CCC1(CO)CCN(Cc2ccc(OC3CN(C(=O)N4NC=C(c5ccc(OC)cc5)O4)C3)cc2)CC1. The van der Waals surface area contributed by atoms with Gasteiger partial charge in [-0.1, -0.05) is 24.2 Å². The monoisotopic (exact) mass is 508 g/mol. The molecule has 2 N–H and O–H groups in total. The number of carbonyl (C=O) groups is 1. The van der Waals surface area contributed by atoms with E-state index in [9.17, 15) is 9.90 Å². The maximum absolute atomic E-state index is 12.8. The number of amides is 2. The first-order chi connectivity index (χ1) is 18.0. The van der Waals surface area contributed by atoms with Crippen molar-refractivity contribution < 1.29 is 24.2 Å². The third-order valence-electron chi connectivity index (χ3n) is 7.80. The summed E-state index contributed by atoms with van der Waals surface area (Å²) >= 11 is 0. The molecule has 0 saturated carbocycles. The number of hydrogen-bond donors (Lipinski definition) is 2. The van der Waals surface area contributed by atoms with Crippen LogP contribution in [0.25, 0.3) is 5.76 Å². The van der Waals surface area contributed by atoms with Crippen LogP contribution in [0.1, 0.15) is 37.3 Å². The Morgan fingerprint density at radius 3 is 2.38 bits per heavy atom. The molecular formula is C28H36N4O5. The number of aliphatic hydroxyl groups excluding tert-OH is 1. The Kier molecular flexibility index (Phi) is 7.43. The average Bonchev–Trinajstić information content (AvgIpc) is 3.42. The van der Waals surface area contributed by atoms with Crippen molar-refractivity contribution in [3.05, 3.63) is 65.9 Å². The topological polar surface area (TPSA) is 86.7 Å². The van der Waals surface area contributed by atoms with Crippen molar-refractivity contribution in [3.8, 4) is 11.5 Å². The van der Waals surface area contributed by atoms with Crippen molar-refractivity contribution in [2.45, 2.75) is 38.8 Å². The molecule has 37 heavy (non-hydrogen) atoms. The van der Waals surface area contributed by atoms with Gasteiger partial charge in [0.2, 0.25) is 0 Å². The molecule has 2 aromatic rings. The Balaban J connectivity index is 1.04. The summed E-state index contributed by atoms with van der Waals surface area (Å²) in [5, 5.41) is 10.9. The minimum atomic E-state index is -0.259. The maximum Gasteiger partial charge on any atom is 0.373 e. The number of likely N-dealkylation sites (tertiary alicyclic amines) is 2. The smallest absolute Gasteiger partial charge is 0.373 e. The fourth-order valence-electron chi connectivity index (χ4n) is 4.98. The van der Waals surface area contributed by atoms with Crippen molar-refractivity contribution in [2.24, 2.45) is 5.41 Å². The van der Waals surface area contributed by atoms with Gasteiger partial charge in [-0.2, -0.15) is 0 Å². The van der Waals surface area contributed by atoms with Crippen LogP contribution in [-0.4, -0.2) is 72.1 Å². The third kappa shape index (κ3) is 5.62. The number of nitrogens with zero attached hydrogens (tertiary/aromatic N) is 3. The molecule has 0 aliphatic carbocycles. The van der Waals surface area contributed by atoms with Gasteiger partial charge < -0.3 is 24.3 Å². The van der Waals surface area contributed by atoms with E-state index < -0.39 is 0 Å². The van der Waals surface area contributed by atoms with Crippen LogP contribution in [0.5, 0.6) is 11.5 Å². The predicted octanol–water partition coefficient (Wildman–Crippen LogP) is 3.61. The zero-order chi connectivity index (χ0) is 25.8. The summed E-state index contributed by atoms with van der Waals surface area (Å²) in [7, 11) is 1.62. The predicted molar refractivity (Wildman–Crippen MR) is 139 cm³/mol. The molecular weight excluding hydrogens is 472 g/mol. The minimum absolute atomic E-state index is 0.0471. The zero-order valence-electron chi connectivity index (χ0n) is 21.6. The Morgan fingerprint density at radius 2 is 1.76 bits per heavy atom. The van der Waals surface area contributed by atoms with Gasteiger partial charge in [0.05, 0.1) is 26.4 Å². The molecule has 2 saturated heterocycles. The number of aliphatic hydroxyl groups is 1. The van der Waals surface area contributed by atoms with Crippen LogP contribution in [0.4, 0.5) is 4.79 Å². The average molecular weight is 509 g/mol. The molecule has 3 aliphatic heterocycles. The molecule has 0 aromatic heterocycles. The Labute approximate surface area is 218 Å². The summed E-state index contributed by atoms with van der Waals surface area (Å²) in [4.78, 5) is 22.6. The molecule has 2 amide bonds. The zero-order valence-corrected chi connectivity index (χ0v) is 21.6. The van der Waals surface area contributed by atoms with Gasteiger partial charge in [-0.25, -0.2) is 4.79 Å². The molecule has 5 rings (SSSR count). The van der Waals surface area contributed by atoms with Crippen LogP contribution in [0.3, 0.4) is 0 Å². The van der Waals surface area contributed by atoms with Gasteiger partial charge in [-0.3, -0.25) is 10.3 Å². The van der Waals surface area contributed by atoms with E-state index >= 15 is 0 Å². The Bertz CT molecular complexity index is 1080. The molecule has 0 bridgehead atoms. The fraction of sp³-hybridized carbons (Fsp3) is 0.464. The summed E-state index contributed by atoms with van der Waals surface area (Å²) in [6.07, 6.45) is 4.75. The molecule has 2 aromatic carbocycles. The number of benzene rings is 2. The molecule has 3 heterocycles. The summed E-state index contributed by atoms with van der Waals surface area (Å²) in [5.74, 6) is 2.13. The van der Waals surface area contributed by atoms with Crippen LogP contribution in [-0.2, 0) is 11.4 Å². The highest BCUT2D eigenvalue weighted by atomic mass is 16.7. The highest BCUT2D eigenvalue weighted by Gasteiger charge is 2.37. The lowest BCUT2D eigenvalue weighted by Crippen LogP contribution is -2.60. The highest BCUT2D eigenvalue weighted by Crippen LogP contribution is 2.34. The lowest BCUT2D eigenvalue weighted by atomic mass is 9.77. The van der Waals surface area contributed by atoms with Gasteiger partial charge in [0.1, 0.15) is 17.6 Å². The fourth-order valence-corrected chi connectivity index (χ4v) is 4.98. The molecule has 198 valence electrons. The number of ether oxygens (including phenoxy) is 2. The first kappa shape index (κ1) is 25.2. The quantitative estimate of drug-likeness (QED) is 0.563. The van der Waals surface area contributed by atoms with Crippen LogP contribution >= 0.6 is 0 Å². The number of rotatable bonds is 8. The van der Waals surface area contributed by atoms with Gasteiger partial charge in [0, 0.05) is 18.7 Å². The van der Waals surface area contributed by atoms with E-state index in [1.807, 2.05) is 36.4 Å². The molecule has 0 unspecified atom stereocenters. The second kappa shape index (κ2) is 10.9. The van der Waals surface area contributed by atoms with Crippen LogP contribution < -0.4 is 14.9 Å². The number of piperidine rings is 1. The van der Waals surface area contributed by atoms with E-state index in [0.29, 0.717) is 18.8 Å². The van der Waals surface area contributed by atoms with Crippen LogP contribution in [0.15, 0.2) is 54.7 Å². The van der Waals surface area contributed by atoms with Crippen molar-refractivity contribution in [1.29, 1.82) is 0 Å². The number of methoxy groups -OCH3 is 1. The summed E-state index contributed by atoms with van der Waals surface area (Å²) in [6, 6.07) is 15.4. The van der Waals surface area contributed by atoms with Crippen molar-refractivity contribution in [3.63, 3.8) is 0 Å². The lowest BCUT2D eigenvalue weighted by Gasteiger charge is -2.40. The molecule has 0 atom stereocenters. The highest BCUT2D eigenvalue weighted by molar-refractivity contribution is 5.76. The number of carbonyl (C=O) groups excluding carboxylic acids is 1. The van der Waals surface area contributed by atoms with Crippen molar-refractivity contribution >= 4 is 11.8 Å². The second-order valence-corrected chi connectivity index (χ2v) is 10.1. The van der Waals surface area contributed by atoms with Crippen molar-refractivity contribution in [1.82, 2.24) is 20.4 Å². The van der Waals surface area contributed by atoms with Crippen LogP contribution in [0, 0.1) is 5.41 Å². The van der Waals surface area contributed by atoms with Gasteiger partial charge in [0.15, 0.2) is 5.76 Å². The normalized spacial score (nSPS) is 19.5. The van der Waals surface area contributed by atoms with E-state index in [1.54, 1.807) is 18.2 Å². The van der Waals surface area contributed by atoms with Gasteiger partial charge >= 0.3 is 6.03 Å². The van der Waals surface area contributed by atoms with E-state index in [-0.39, 0.29) is 24.2 Å². The first-order valence-electron chi connectivity index (χ1n) is 13.0. The van der Waals surface area contributed by atoms with E-state index in [4.69, 9.17) is 14.3 Å². The van der Waals surface area contributed by atoms with Gasteiger partial charge in [0.25, 0.3) is 0 Å². The molecule has 9 nitrogen and oxygen atoms in total. The first-order valence-corrected chi connectivity index (χ1v) is 13.0. The molecule has 3 aliphatic rings. The number of nitrogens with one attached hydrogen (secondary N) is 1. The number of urea groups is 1. The lowest BCUT2D eigenvalue weighted by molar-refractivity contribution is -0.0808.